The Labute approximate surface area is 124 Å². The highest BCUT2D eigenvalue weighted by Gasteiger charge is 2.33. The fourth-order valence-electron chi connectivity index (χ4n) is 3.30. The third-order valence-corrected chi connectivity index (χ3v) is 5.18. The van der Waals surface area contributed by atoms with Crippen molar-refractivity contribution in [1.82, 2.24) is 9.55 Å². The molecule has 3 rings (SSSR count). The highest BCUT2D eigenvalue weighted by Crippen LogP contribution is 2.40. The summed E-state index contributed by atoms with van der Waals surface area (Å²) in [7, 11) is 0. The van der Waals surface area contributed by atoms with Crippen LogP contribution in [0.4, 0.5) is 0 Å². The fourth-order valence-corrected chi connectivity index (χ4v) is 3.72. The van der Waals surface area contributed by atoms with E-state index in [1.807, 2.05) is 28.8 Å². The minimum absolute atomic E-state index is 0.0387. The molecule has 1 aromatic heterocycles. The minimum atomic E-state index is 0.0387. The Morgan fingerprint density at radius 1 is 1.30 bits per heavy atom. The standard InChI is InChI=1S/C16H20N2OS/c1-12-15(19)18(10-16(11-20)8-4-5-9-16)14-7-3-2-6-13(14)17-12/h2-3,6-7,20H,4-5,8-11H2,1H3. The minimum Gasteiger partial charge on any atom is -0.305 e. The molecule has 0 unspecified atom stereocenters. The second-order valence-corrected chi connectivity index (χ2v) is 6.26. The normalized spacial score (nSPS) is 17.7. The maximum Gasteiger partial charge on any atom is 0.272 e. The smallest absolute Gasteiger partial charge is 0.272 e. The Bertz CT molecular complexity index is 686. The first-order chi connectivity index (χ1) is 9.65. The van der Waals surface area contributed by atoms with Crippen LogP contribution < -0.4 is 5.56 Å². The molecule has 1 aliphatic rings. The van der Waals surface area contributed by atoms with Crippen molar-refractivity contribution in [3.63, 3.8) is 0 Å². The van der Waals surface area contributed by atoms with Gasteiger partial charge < -0.3 is 4.57 Å². The van der Waals surface area contributed by atoms with E-state index in [0.717, 1.165) is 23.3 Å². The molecule has 1 saturated carbocycles. The molecule has 1 aromatic carbocycles. The zero-order valence-corrected chi connectivity index (χ0v) is 12.7. The number of thiol groups is 1. The number of benzene rings is 1. The molecule has 2 aromatic rings. The van der Waals surface area contributed by atoms with Gasteiger partial charge in [0, 0.05) is 6.54 Å². The third-order valence-electron chi connectivity index (χ3n) is 4.51. The van der Waals surface area contributed by atoms with Crippen molar-refractivity contribution >= 4 is 23.7 Å². The van der Waals surface area contributed by atoms with Gasteiger partial charge in [-0.2, -0.15) is 12.6 Å². The predicted octanol–water partition coefficient (Wildman–Crippen LogP) is 3.20. The molecule has 3 nitrogen and oxygen atoms in total. The first-order valence-electron chi connectivity index (χ1n) is 7.22. The molecule has 0 N–H and O–H groups in total. The van der Waals surface area contributed by atoms with Crippen molar-refractivity contribution < 1.29 is 0 Å². The number of aromatic nitrogens is 2. The second-order valence-electron chi connectivity index (χ2n) is 5.94. The van der Waals surface area contributed by atoms with E-state index in [-0.39, 0.29) is 11.0 Å². The number of fused-ring (bicyclic) bond motifs is 1. The van der Waals surface area contributed by atoms with Crippen LogP contribution in [0.1, 0.15) is 31.4 Å². The SMILES string of the molecule is Cc1nc2ccccc2n(CC2(CS)CCCC2)c1=O. The quantitative estimate of drug-likeness (QED) is 0.880. The lowest BCUT2D eigenvalue weighted by Crippen LogP contribution is -2.33. The summed E-state index contributed by atoms with van der Waals surface area (Å²) in [6.07, 6.45) is 4.83. The van der Waals surface area contributed by atoms with Gasteiger partial charge >= 0.3 is 0 Å². The van der Waals surface area contributed by atoms with Gasteiger partial charge in [-0.3, -0.25) is 4.79 Å². The predicted molar refractivity (Wildman–Crippen MR) is 85.5 cm³/mol. The van der Waals surface area contributed by atoms with E-state index in [2.05, 4.69) is 17.6 Å². The molecule has 0 bridgehead atoms. The molecule has 0 atom stereocenters. The van der Waals surface area contributed by atoms with E-state index in [4.69, 9.17) is 0 Å². The van der Waals surface area contributed by atoms with Crippen molar-refractivity contribution in [1.29, 1.82) is 0 Å². The summed E-state index contributed by atoms with van der Waals surface area (Å²) in [6, 6.07) is 7.90. The van der Waals surface area contributed by atoms with E-state index in [9.17, 15) is 4.79 Å². The highest BCUT2D eigenvalue weighted by atomic mass is 32.1. The van der Waals surface area contributed by atoms with Gasteiger partial charge in [0.25, 0.3) is 5.56 Å². The molecular weight excluding hydrogens is 268 g/mol. The summed E-state index contributed by atoms with van der Waals surface area (Å²) >= 11 is 4.56. The summed E-state index contributed by atoms with van der Waals surface area (Å²) in [5, 5.41) is 0. The zero-order valence-electron chi connectivity index (χ0n) is 11.8. The van der Waals surface area contributed by atoms with Crippen molar-refractivity contribution in [2.75, 3.05) is 5.75 Å². The number of nitrogens with zero attached hydrogens (tertiary/aromatic N) is 2. The summed E-state index contributed by atoms with van der Waals surface area (Å²) in [4.78, 5) is 16.9. The Balaban J connectivity index is 2.15. The van der Waals surface area contributed by atoms with E-state index in [1.165, 1.54) is 25.7 Å². The summed E-state index contributed by atoms with van der Waals surface area (Å²) in [5.74, 6) is 0.842. The second kappa shape index (κ2) is 5.24. The highest BCUT2D eigenvalue weighted by molar-refractivity contribution is 7.80. The van der Waals surface area contributed by atoms with Gasteiger partial charge in [-0.05, 0) is 43.1 Å². The lowest BCUT2D eigenvalue weighted by atomic mass is 9.88. The summed E-state index contributed by atoms with van der Waals surface area (Å²) < 4.78 is 1.92. The van der Waals surface area contributed by atoms with Crippen molar-refractivity contribution in [2.24, 2.45) is 5.41 Å². The van der Waals surface area contributed by atoms with Crippen LogP contribution in [-0.4, -0.2) is 15.3 Å². The first kappa shape index (κ1) is 13.7. The van der Waals surface area contributed by atoms with Gasteiger partial charge in [0.05, 0.1) is 11.0 Å². The average molecular weight is 288 g/mol. The van der Waals surface area contributed by atoms with Gasteiger partial charge in [0.2, 0.25) is 0 Å². The zero-order chi connectivity index (χ0) is 14.2. The van der Waals surface area contributed by atoms with E-state index in [1.54, 1.807) is 6.92 Å². The fraction of sp³-hybridized carbons (Fsp3) is 0.500. The Morgan fingerprint density at radius 2 is 2.00 bits per heavy atom. The van der Waals surface area contributed by atoms with E-state index >= 15 is 0 Å². The van der Waals surface area contributed by atoms with Crippen LogP contribution in [0.5, 0.6) is 0 Å². The van der Waals surface area contributed by atoms with Crippen LogP contribution >= 0.6 is 12.6 Å². The molecular formula is C16H20N2OS. The number of hydrogen-bond acceptors (Lipinski definition) is 3. The van der Waals surface area contributed by atoms with Crippen LogP contribution in [0.25, 0.3) is 11.0 Å². The topological polar surface area (TPSA) is 34.9 Å². The van der Waals surface area contributed by atoms with Crippen LogP contribution in [-0.2, 0) is 6.54 Å². The van der Waals surface area contributed by atoms with Crippen molar-refractivity contribution in [3.8, 4) is 0 Å². The molecule has 0 aliphatic heterocycles. The molecule has 0 radical (unpaired) electrons. The van der Waals surface area contributed by atoms with Crippen molar-refractivity contribution in [2.45, 2.75) is 39.2 Å². The lowest BCUT2D eigenvalue weighted by Gasteiger charge is -2.28. The van der Waals surface area contributed by atoms with E-state index < -0.39 is 0 Å². The molecule has 1 aliphatic carbocycles. The molecule has 1 heterocycles. The monoisotopic (exact) mass is 288 g/mol. The van der Waals surface area contributed by atoms with Crippen LogP contribution in [0.15, 0.2) is 29.1 Å². The molecule has 20 heavy (non-hydrogen) atoms. The number of para-hydroxylation sites is 2. The molecule has 0 spiro atoms. The average Bonchev–Trinajstić information content (AvgIpc) is 2.93. The van der Waals surface area contributed by atoms with Gasteiger partial charge in [-0.1, -0.05) is 25.0 Å². The molecule has 0 saturated heterocycles. The molecule has 1 fully saturated rings. The maximum atomic E-state index is 12.5. The Morgan fingerprint density at radius 3 is 2.70 bits per heavy atom. The van der Waals surface area contributed by atoms with Gasteiger partial charge in [0.15, 0.2) is 0 Å². The Hall–Kier alpha value is -1.29. The van der Waals surface area contributed by atoms with Gasteiger partial charge in [-0.15, -0.1) is 0 Å². The first-order valence-corrected chi connectivity index (χ1v) is 7.86. The van der Waals surface area contributed by atoms with E-state index in [0.29, 0.717) is 5.69 Å². The number of rotatable bonds is 3. The summed E-state index contributed by atoms with van der Waals surface area (Å²) in [6.45, 7) is 2.56. The van der Waals surface area contributed by atoms with Gasteiger partial charge in [-0.25, -0.2) is 4.98 Å². The molecule has 0 amide bonds. The maximum absolute atomic E-state index is 12.5. The van der Waals surface area contributed by atoms with Crippen LogP contribution in [0, 0.1) is 12.3 Å². The van der Waals surface area contributed by atoms with Crippen molar-refractivity contribution in [3.05, 3.63) is 40.3 Å². The number of aryl methyl sites for hydroxylation is 1. The van der Waals surface area contributed by atoms with Crippen LogP contribution in [0.2, 0.25) is 0 Å². The lowest BCUT2D eigenvalue weighted by molar-refractivity contribution is 0.290. The molecule has 106 valence electrons. The van der Waals surface area contributed by atoms with Crippen LogP contribution in [0.3, 0.4) is 0 Å². The number of hydrogen-bond donors (Lipinski definition) is 1. The van der Waals surface area contributed by atoms with Gasteiger partial charge in [0.1, 0.15) is 5.69 Å². The molecule has 4 heteroatoms. The largest absolute Gasteiger partial charge is 0.305 e. The Kier molecular flexibility index (Phi) is 3.59. The third kappa shape index (κ3) is 2.26. The summed E-state index contributed by atoms with van der Waals surface area (Å²) in [5.41, 5.74) is 2.63.